The molecule has 0 radical (unpaired) electrons. The minimum atomic E-state index is 0.196. The summed E-state index contributed by atoms with van der Waals surface area (Å²) in [6.07, 6.45) is 5.02. The Morgan fingerprint density at radius 3 is 2.47 bits per heavy atom. The maximum absolute atomic E-state index is 5.79. The van der Waals surface area contributed by atoms with Crippen LogP contribution < -0.4 is 4.74 Å². The first kappa shape index (κ1) is 14.1. The number of hydrogen-bond donors (Lipinski definition) is 0. The maximum atomic E-state index is 5.79. The number of rotatable bonds is 6. The molecule has 1 aromatic carbocycles. The van der Waals surface area contributed by atoms with Gasteiger partial charge in [-0.1, -0.05) is 59.1 Å². The van der Waals surface area contributed by atoms with E-state index in [1.54, 1.807) is 0 Å². The van der Waals surface area contributed by atoms with Gasteiger partial charge in [-0.05, 0) is 29.5 Å². The van der Waals surface area contributed by atoms with Gasteiger partial charge in [0, 0.05) is 0 Å². The van der Waals surface area contributed by atoms with Gasteiger partial charge in [0.2, 0.25) is 0 Å². The van der Waals surface area contributed by atoms with Gasteiger partial charge in [-0.3, -0.25) is 0 Å². The van der Waals surface area contributed by atoms with Gasteiger partial charge in [-0.25, -0.2) is 0 Å². The molecule has 0 N–H and O–H groups in total. The van der Waals surface area contributed by atoms with Crippen LogP contribution in [0.3, 0.4) is 0 Å². The standard InChI is InChI=1S/C16H26O/c1-5-6-7-8-12-17-15-11-9-10-14(13-15)16(2,3)4/h9-11,13H,5-8,12H2,1-4H3. The lowest BCUT2D eigenvalue weighted by atomic mass is 9.87. The van der Waals surface area contributed by atoms with E-state index < -0.39 is 0 Å². The van der Waals surface area contributed by atoms with E-state index in [9.17, 15) is 0 Å². The van der Waals surface area contributed by atoms with Gasteiger partial charge < -0.3 is 4.74 Å². The van der Waals surface area contributed by atoms with Gasteiger partial charge in [-0.15, -0.1) is 0 Å². The van der Waals surface area contributed by atoms with Crippen molar-refractivity contribution in [2.75, 3.05) is 6.61 Å². The molecule has 0 aliphatic rings. The van der Waals surface area contributed by atoms with Crippen molar-refractivity contribution in [1.29, 1.82) is 0 Å². The van der Waals surface area contributed by atoms with E-state index in [1.165, 1.54) is 24.8 Å². The minimum absolute atomic E-state index is 0.196. The Hall–Kier alpha value is -0.980. The van der Waals surface area contributed by atoms with Crippen molar-refractivity contribution in [3.8, 4) is 5.75 Å². The fourth-order valence-electron chi connectivity index (χ4n) is 1.77. The van der Waals surface area contributed by atoms with Crippen LogP contribution in [0.25, 0.3) is 0 Å². The molecule has 0 saturated carbocycles. The molecule has 1 heteroatoms. The summed E-state index contributed by atoms with van der Waals surface area (Å²) in [4.78, 5) is 0. The molecule has 0 aliphatic heterocycles. The van der Waals surface area contributed by atoms with Gasteiger partial charge in [-0.2, -0.15) is 0 Å². The van der Waals surface area contributed by atoms with Crippen molar-refractivity contribution in [3.05, 3.63) is 29.8 Å². The van der Waals surface area contributed by atoms with Crippen LogP contribution in [0, 0.1) is 0 Å². The number of benzene rings is 1. The molecule has 1 nitrogen and oxygen atoms in total. The van der Waals surface area contributed by atoms with Gasteiger partial charge in [0.25, 0.3) is 0 Å². The highest BCUT2D eigenvalue weighted by Gasteiger charge is 2.13. The average molecular weight is 234 g/mol. The molecule has 0 bridgehead atoms. The van der Waals surface area contributed by atoms with Crippen LogP contribution in [0.1, 0.15) is 58.9 Å². The second kappa shape index (κ2) is 6.68. The van der Waals surface area contributed by atoms with E-state index in [-0.39, 0.29) is 5.41 Å². The molecule has 0 atom stereocenters. The summed E-state index contributed by atoms with van der Waals surface area (Å²) in [6.45, 7) is 9.76. The van der Waals surface area contributed by atoms with E-state index in [0.29, 0.717) is 0 Å². The average Bonchev–Trinajstić information content (AvgIpc) is 2.28. The van der Waals surface area contributed by atoms with Crippen LogP contribution in [0.5, 0.6) is 5.75 Å². The number of unbranched alkanes of at least 4 members (excludes halogenated alkanes) is 3. The molecule has 0 aromatic heterocycles. The zero-order chi connectivity index (χ0) is 12.7. The number of ether oxygens (including phenoxy) is 1. The zero-order valence-electron chi connectivity index (χ0n) is 11.8. The fourth-order valence-corrected chi connectivity index (χ4v) is 1.77. The predicted molar refractivity (Wildman–Crippen MR) is 74.8 cm³/mol. The van der Waals surface area contributed by atoms with E-state index in [4.69, 9.17) is 4.74 Å². The van der Waals surface area contributed by atoms with Crippen LogP contribution in [0.2, 0.25) is 0 Å². The van der Waals surface area contributed by atoms with Crippen LogP contribution in [0.4, 0.5) is 0 Å². The highest BCUT2D eigenvalue weighted by molar-refractivity contribution is 5.32. The Balaban J connectivity index is 2.44. The molecule has 0 amide bonds. The Labute approximate surface area is 106 Å². The number of hydrogen-bond acceptors (Lipinski definition) is 1. The molecule has 0 unspecified atom stereocenters. The molecular formula is C16H26O. The first-order valence-corrected chi connectivity index (χ1v) is 6.77. The fraction of sp³-hybridized carbons (Fsp3) is 0.625. The summed E-state index contributed by atoms with van der Waals surface area (Å²) in [5.41, 5.74) is 1.53. The zero-order valence-corrected chi connectivity index (χ0v) is 11.8. The molecule has 0 fully saturated rings. The lowest BCUT2D eigenvalue weighted by molar-refractivity contribution is 0.304. The molecule has 0 spiro atoms. The smallest absolute Gasteiger partial charge is 0.119 e. The summed E-state index contributed by atoms with van der Waals surface area (Å²) in [5, 5.41) is 0. The third-order valence-electron chi connectivity index (χ3n) is 2.97. The molecule has 96 valence electrons. The first-order chi connectivity index (χ1) is 8.04. The van der Waals surface area contributed by atoms with Gasteiger partial charge in [0.05, 0.1) is 6.61 Å². The lowest BCUT2D eigenvalue weighted by Gasteiger charge is -2.19. The van der Waals surface area contributed by atoms with Crippen molar-refractivity contribution in [2.24, 2.45) is 0 Å². The van der Waals surface area contributed by atoms with Crippen molar-refractivity contribution < 1.29 is 4.74 Å². The van der Waals surface area contributed by atoms with E-state index >= 15 is 0 Å². The first-order valence-electron chi connectivity index (χ1n) is 6.77. The van der Waals surface area contributed by atoms with Crippen LogP contribution in [-0.2, 0) is 5.41 Å². The van der Waals surface area contributed by atoms with Gasteiger partial charge in [0.1, 0.15) is 5.75 Å². The second-order valence-corrected chi connectivity index (χ2v) is 5.69. The molecule has 0 heterocycles. The highest BCUT2D eigenvalue weighted by Crippen LogP contribution is 2.25. The SMILES string of the molecule is CCCCCCOc1cccc(C(C)(C)C)c1. The van der Waals surface area contributed by atoms with Crippen molar-refractivity contribution in [1.82, 2.24) is 0 Å². The van der Waals surface area contributed by atoms with E-state index in [1.807, 2.05) is 0 Å². The predicted octanol–water partition coefficient (Wildman–Crippen LogP) is 4.94. The molecule has 0 saturated heterocycles. The maximum Gasteiger partial charge on any atom is 0.119 e. The molecule has 1 aromatic rings. The molecular weight excluding hydrogens is 208 g/mol. The van der Waals surface area contributed by atoms with Crippen molar-refractivity contribution in [3.63, 3.8) is 0 Å². The summed E-state index contributed by atoms with van der Waals surface area (Å²) < 4.78 is 5.79. The third kappa shape index (κ3) is 5.25. The summed E-state index contributed by atoms with van der Waals surface area (Å²) in [6, 6.07) is 8.47. The van der Waals surface area contributed by atoms with Crippen molar-refractivity contribution in [2.45, 2.75) is 58.8 Å². The summed E-state index contributed by atoms with van der Waals surface area (Å²) in [7, 11) is 0. The lowest BCUT2D eigenvalue weighted by Crippen LogP contribution is -2.11. The second-order valence-electron chi connectivity index (χ2n) is 5.69. The Morgan fingerprint density at radius 2 is 1.82 bits per heavy atom. The largest absolute Gasteiger partial charge is 0.494 e. The van der Waals surface area contributed by atoms with Crippen LogP contribution in [-0.4, -0.2) is 6.61 Å². The van der Waals surface area contributed by atoms with Crippen molar-refractivity contribution >= 4 is 0 Å². The minimum Gasteiger partial charge on any atom is -0.494 e. The topological polar surface area (TPSA) is 9.23 Å². The van der Waals surface area contributed by atoms with E-state index in [0.717, 1.165) is 18.8 Å². The summed E-state index contributed by atoms with van der Waals surface area (Å²) >= 11 is 0. The Kier molecular flexibility index (Phi) is 5.54. The molecule has 17 heavy (non-hydrogen) atoms. The van der Waals surface area contributed by atoms with E-state index in [2.05, 4.69) is 52.0 Å². The van der Waals surface area contributed by atoms with Gasteiger partial charge in [0.15, 0.2) is 0 Å². The Bertz CT molecular complexity index is 323. The summed E-state index contributed by atoms with van der Waals surface area (Å²) in [5.74, 6) is 1.01. The Morgan fingerprint density at radius 1 is 1.06 bits per heavy atom. The monoisotopic (exact) mass is 234 g/mol. The van der Waals surface area contributed by atoms with Gasteiger partial charge >= 0.3 is 0 Å². The quantitative estimate of drug-likeness (QED) is 0.633. The molecule has 1 rings (SSSR count). The van der Waals surface area contributed by atoms with Crippen LogP contribution >= 0.6 is 0 Å². The van der Waals surface area contributed by atoms with Crippen LogP contribution in [0.15, 0.2) is 24.3 Å². The third-order valence-corrected chi connectivity index (χ3v) is 2.97. The highest BCUT2D eigenvalue weighted by atomic mass is 16.5. The normalized spacial score (nSPS) is 11.5. The molecule has 0 aliphatic carbocycles.